The van der Waals surface area contributed by atoms with E-state index >= 15 is 0 Å². The van der Waals surface area contributed by atoms with E-state index in [1.165, 1.54) is 0 Å². The Morgan fingerprint density at radius 3 is 2.53 bits per heavy atom. The summed E-state index contributed by atoms with van der Waals surface area (Å²) in [4.78, 5) is 22.1. The zero-order chi connectivity index (χ0) is 22.3. The Labute approximate surface area is 186 Å². The number of aromatic nitrogens is 2. The van der Waals surface area contributed by atoms with E-state index in [1.54, 1.807) is 50.9 Å². The Balaban J connectivity index is 1.67. The number of pyridine rings is 2. The monoisotopic (exact) mass is 429 g/mol. The topological polar surface area (TPSA) is 82.6 Å². The molecule has 0 unspecified atom stereocenters. The number of nitrogens with one attached hydrogen (secondary N) is 1. The molecule has 7 nitrogen and oxygen atoms in total. The smallest absolute Gasteiger partial charge is 0.256 e. The van der Waals surface area contributed by atoms with Crippen LogP contribution in [0.2, 0.25) is 0 Å². The van der Waals surface area contributed by atoms with Crippen LogP contribution >= 0.6 is 0 Å². The molecule has 4 aromatic rings. The van der Waals surface area contributed by atoms with Gasteiger partial charge in [0.05, 0.1) is 30.5 Å². The highest BCUT2D eigenvalue weighted by Crippen LogP contribution is 2.31. The van der Waals surface area contributed by atoms with E-state index < -0.39 is 0 Å². The molecule has 0 spiro atoms. The summed E-state index contributed by atoms with van der Waals surface area (Å²) in [6.45, 7) is 0.815. The lowest BCUT2D eigenvalue weighted by molar-refractivity contribution is 0.102. The van der Waals surface area contributed by atoms with E-state index in [0.717, 1.165) is 16.5 Å². The van der Waals surface area contributed by atoms with Crippen molar-refractivity contribution >= 4 is 22.5 Å². The van der Waals surface area contributed by atoms with Gasteiger partial charge in [-0.2, -0.15) is 0 Å². The second-order valence-corrected chi connectivity index (χ2v) is 6.97. The fraction of sp³-hybridized carbons (Fsp3) is 0.160. The maximum Gasteiger partial charge on any atom is 0.256 e. The lowest BCUT2D eigenvalue weighted by Crippen LogP contribution is -2.13. The molecule has 0 aliphatic carbocycles. The second-order valence-electron chi connectivity index (χ2n) is 6.97. The van der Waals surface area contributed by atoms with Gasteiger partial charge >= 0.3 is 0 Å². The molecule has 1 amide bonds. The van der Waals surface area contributed by atoms with Gasteiger partial charge in [0.15, 0.2) is 11.5 Å². The van der Waals surface area contributed by atoms with E-state index in [2.05, 4.69) is 10.3 Å². The minimum absolute atomic E-state index is 0.244. The molecule has 0 saturated heterocycles. The highest BCUT2D eigenvalue weighted by atomic mass is 16.5. The minimum Gasteiger partial charge on any atom is -0.493 e. The molecule has 162 valence electrons. The number of nitrogens with zero attached hydrogens (tertiary/aromatic N) is 2. The first-order valence-corrected chi connectivity index (χ1v) is 10.1. The third-order valence-corrected chi connectivity index (χ3v) is 4.90. The Morgan fingerprint density at radius 2 is 1.75 bits per heavy atom. The molecule has 0 aliphatic rings. The first-order chi connectivity index (χ1) is 15.7. The van der Waals surface area contributed by atoms with Gasteiger partial charge in [-0.1, -0.05) is 18.2 Å². The predicted octanol–water partition coefficient (Wildman–Crippen LogP) is 4.58. The van der Waals surface area contributed by atoms with Crippen LogP contribution in [0.15, 0.2) is 73.1 Å². The van der Waals surface area contributed by atoms with Crippen molar-refractivity contribution in [2.75, 3.05) is 32.8 Å². The quantitative estimate of drug-likeness (QED) is 0.413. The molecule has 4 rings (SSSR count). The number of rotatable bonds is 8. The fourth-order valence-corrected chi connectivity index (χ4v) is 3.33. The highest BCUT2D eigenvalue weighted by molar-refractivity contribution is 6.13. The maximum absolute atomic E-state index is 13.3. The number of hydrogen-bond donors (Lipinski definition) is 1. The molecule has 0 radical (unpaired) electrons. The summed E-state index contributed by atoms with van der Waals surface area (Å²) >= 11 is 0. The third-order valence-electron chi connectivity index (χ3n) is 4.90. The molecule has 2 aromatic carbocycles. The van der Waals surface area contributed by atoms with Crippen molar-refractivity contribution in [3.05, 3.63) is 78.6 Å². The van der Waals surface area contributed by atoms with E-state index in [9.17, 15) is 4.79 Å². The summed E-state index contributed by atoms with van der Waals surface area (Å²) < 4.78 is 16.1. The Kier molecular flexibility index (Phi) is 6.57. The number of anilines is 1. The minimum atomic E-state index is -0.244. The van der Waals surface area contributed by atoms with Gasteiger partial charge in [0, 0.05) is 42.2 Å². The number of fused-ring (bicyclic) bond motifs is 1. The van der Waals surface area contributed by atoms with Crippen LogP contribution in [0, 0.1) is 0 Å². The van der Waals surface area contributed by atoms with Gasteiger partial charge in [0.25, 0.3) is 5.91 Å². The second kappa shape index (κ2) is 9.89. The van der Waals surface area contributed by atoms with Gasteiger partial charge < -0.3 is 19.5 Å². The number of hydrogen-bond acceptors (Lipinski definition) is 6. The predicted molar refractivity (Wildman–Crippen MR) is 123 cm³/mol. The number of para-hydroxylation sites is 1. The first-order valence-electron chi connectivity index (χ1n) is 10.1. The van der Waals surface area contributed by atoms with Crippen LogP contribution in [0.25, 0.3) is 22.2 Å². The van der Waals surface area contributed by atoms with Gasteiger partial charge in [-0.15, -0.1) is 0 Å². The van der Waals surface area contributed by atoms with Crippen molar-refractivity contribution in [1.29, 1.82) is 0 Å². The summed E-state index contributed by atoms with van der Waals surface area (Å²) in [5.41, 5.74) is 3.45. The molecule has 32 heavy (non-hydrogen) atoms. The number of amides is 1. The van der Waals surface area contributed by atoms with Crippen molar-refractivity contribution < 1.29 is 19.0 Å². The van der Waals surface area contributed by atoms with E-state index in [-0.39, 0.29) is 5.91 Å². The molecule has 0 atom stereocenters. The number of benzene rings is 2. The van der Waals surface area contributed by atoms with E-state index in [0.29, 0.717) is 41.7 Å². The van der Waals surface area contributed by atoms with Crippen LogP contribution < -0.4 is 14.8 Å². The summed E-state index contributed by atoms with van der Waals surface area (Å²) in [6.07, 6.45) is 3.41. The summed E-state index contributed by atoms with van der Waals surface area (Å²) in [6, 6.07) is 18.4. The average Bonchev–Trinajstić information content (AvgIpc) is 2.84. The molecule has 0 aliphatic heterocycles. The highest BCUT2D eigenvalue weighted by Gasteiger charge is 2.15. The Hall–Kier alpha value is -3.97. The molecular weight excluding hydrogens is 406 g/mol. The molecule has 1 N–H and O–H groups in total. The lowest BCUT2D eigenvalue weighted by atomic mass is 10.0. The molecule has 0 fully saturated rings. The van der Waals surface area contributed by atoms with Gasteiger partial charge in [-0.05, 0) is 36.4 Å². The standard InChI is InChI=1S/C25H23N3O4/c1-30-13-14-32-24-15-18(7-8-23(24)31-2)27-25(29)20-16-22(17-9-11-26-12-10-17)28-21-6-4-3-5-19(20)21/h3-12,15-16H,13-14H2,1-2H3,(H,27,29). The van der Waals surface area contributed by atoms with Crippen molar-refractivity contribution in [2.24, 2.45) is 0 Å². The van der Waals surface area contributed by atoms with Crippen LogP contribution in [0.4, 0.5) is 5.69 Å². The lowest BCUT2D eigenvalue weighted by Gasteiger charge is -2.14. The number of ether oxygens (including phenoxy) is 3. The maximum atomic E-state index is 13.3. The summed E-state index contributed by atoms with van der Waals surface area (Å²) in [5.74, 6) is 0.861. The van der Waals surface area contributed by atoms with Crippen LogP contribution in [0.3, 0.4) is 0 Å². The fourth-order valence-electron chi connectivity index (χ4n) is 3.33. The van der Waals surface area contributed by atoms with Crippen LogP contribution in [0.1, 0.15) is 10.4 Å². The zero-order valence-corrected chi connectivity index (χ0v) is 17.9. The first kappa shape index (κ1) is 21.3. The Morgan fingerprint density at radius 1 is 0.938 bits per heavy atom. The van der Waals surface area contributed by atoms with Gasteiger partial charge in [-0.25, -0.2) is 4.98 Å². The normalized spacial score (nSPS) is 10.7. The number of carbonyl (C=O) groups excluding carboxylic acids is 1. The third kappa shape index (κ3) is 4.68. The van der Waals surface area contributed by atoms with Gasteiger partial charge in [0.1, 0.15) is 6.61 Å². The van der Waals surface area contributed by atoms with Crippen molar-refractivity contribution in [2.45, 2.75) is 0 Å². The summed E-state index contributed by atoms with van der Waals surface area (Å²) in [5, 5.41) is 3.74. The van der Waals surface area contributed by atoms with E-state index in [1.807, 2.05) is 36.4 Å². The van der Waals surface area contributed by atoms with Crippen molar-refractivity contribution in [3.8, 4) is 22.8 Å². The van der Waals surface area contributed by atoms with Crippen molar-refractivity contribution in [3.63, 3.8) is 0 Å². The zero-order valence-electron chi connectivity index (χ0n) is 17.9. The SMILES string of the molecule is COCCOc1cc(NC(=O)c2cc(-c3ccncc3)nc3ccccc23)ccc1OC. The molecule has 2 heterocycles. The number of carbonyl (C=O) groups is 1. The molecule has 0 bridgehead atoms. The molecule has 7 heteroatoms. The van der Waals surface area contributed by atoms with Crippen LogP contribution in [-0.4, -0.2) is 43.3 Å². The Bertz CT molecular complexity index is 1230. The number of methoxy groups -OCH3 is 2. The molecular formula is C25H23N3O4. The van der Waals surface area contributed by atoms with Gasteiger partial charge in [-0.3, -0.25) is 9.78 Å². The van der Waals surface area contributed by atoms with Crippen LogP contribution in [-0.2, 0) is 4.74 Å². The van der Waals surface area contributed by atoms with Crippen LogP contribution in [0.5, 0.6) is 11.5 Å². The summed E-state index contributed by atoms with van der Waals surface area (Å²) in [7, 11) is 3.18. The largest absolute Gasteiger partial charge is 0.493 e. The molecule has 0 saturated carbocycles. The van der Waals surface area contributed by atoms with Gasteiger partial charge in [0.2, 0.25) is 0 Å². The molecule has 2 aromatic heterocycles. The van der Waals surface area contributed by atoms with E-state index in [4.69, 9.17) is 19.2 Å². The average molecular weight is 429 g/mol. The van der Waals surface area contributed by atoms with Crippen molar-refractivity contribution in [1.82, 2.24) is 9.97 Å².